The van der Waals surface area contributed by atoms with Crippen LogP contribution in [0.1, 0.15) is 25.3 Å². The van der Waals surface area contributed by atoms with Gasteiger partial charge in [0.05, 0.1) is 30.1 Å². The van der Waals surface area contributed by atoms with Crippen LogP contribution in [-0.2, 0) is 14.6 Å². The number of carbonyl (C=O) groups is 1. The number of amides is 1. The summed E-state index contributed by atoms with van der Waals surface area (Å²) in [4.78, 5) is 13.5. The highest BCUT2D eigenvalue weighted by Gasteiger charge is 2.39. The van der Waals surface area contributed by atoms with Gasteiger partial charge in [-0.1, -0.05) is 30.3 Å². The molecule has 2 heterocycles. The summed E-state index contributed by atoms with van der Waals surface area (Å²) in [6, 6.07) is 10.3. The van der Waals surface area contributed by atoms with Gasteiger partial charge in [-0.05, 0) is 30.6 Å². The topological polar surface area (TPSA) is 67.7 Å². The summed E-state index contributed by atoms with van der Waals surface area (Å²) in [6.07, 6.45) is 3.68. The molecule has 0 bridgehead atoms. The maximum atomic E-state index is 12.3. The van der Waals surface area contributed by atoms with E-state index < -0.39 is 15.4 Å². The number of carbonyl (C=O) groups excluding carboxylic acids is 1. The minimum atomic E-state index is -3.00. The summed E-state index contributed by atoms with van der Waals surface area (Å²) >= 11 is 0. The lowest BCUT2D eigenvalue weighted by atomic mass is 9.99. The highest BCUT2D eigenvalue weighted by Crippen LogP contribution is 2.22. The monoisotopic (exact) mass is 349 g/mol. The first-order valence-corrected chi connectivity index (χ1v) is 10.3. The Morgan fingerprint density at radius 1 is 1.29 bits per heavy atom. The van der Waals surface area contributed by atoms with Gasteiger partial charge in [0, 0.05) is 6.42 Å². The molecule has 1 saturated heterocycles. The summed E-state index contributed by atoms with van der Waals surface area (Å²) in [6.45, 7) is 3.97. The van der Waals surface area contributed by atoms with Crippen molar-refractivity contribution in [2.24, 2.45) is 0 Å². The van der Waals surface area contributed by atoms with Crippen molar-refractivity contribution in [3.8, 4) is 0 Å². The third-order valence-corrected chi connectivity index (χ3v) is 6.79. The van der Waals surface area contributed by atoms with Gasteiger partial charge in [-0.25, -0.2) is 8.42 Å². The molecule has 130 valence electrons. The normalized spacial score (nSPS) is 29.0. The van der Waals surface area contributed by atoms with E-state index in [1.807, 2.05) is 25.1 Å². The van der Waals surface area contributed by atoms with Crippen molar-refractivity contribution in [2.75, 3.05) is 31.1 Å². The first-order valence-electron chi connectivity index (χ1n) is 8.45. The number of benzene rings is 1. The predicted octanol–water partition coefficient (Wildman–Crippen LogP) is 0.0520. The average molecular weight is 349 g/mol. The molecular weight excluding hydrogens is 324 g/mol. The highest BCUT2D eigenvalue weighted by molar-refractivity contribution is 7.91. The fourth-order valence-electron chi connectivity index (χ4n) is 3.57. The van der Waals surface area contributed by atoms with Crippen LogP contribution in [0, 0.1) is 0 Å². The molecular formula is C18H25N2O3S+. The van der Waals surface area contributed by atoms with E-state index in [-0.39, 0.29) is 17.4 Å². The molecule has 24 heavy (non-hydrogen) atoms. The molecule has 6 heteroatoms. The third-order valence-electron chi connectivity index (χ3n) is 4.88. The quantitative estimate of drug-likeness (QED) is 0.807. The van der Waals surface area contributed by atoms with E-state index in [1.54, 1.807) is 0 Å². The lowest BCUT2D eigenvalue weighted by molar-refractivity contribution is -0.886. The fraction of sp³-hybridized carbons (Fsp3) is 0.500. The van der Waals surface area contributed by atoms with Gasteiger partial charge in [-0.15, -0.1) is 0 Å². The van der Waals surface area contributed by atoms with Gasteiger partial charge >= 0.3 is 0 Å². The largest absolute Gasteiger partial charge is 0.345 e. The Bertz CT molecular complexity index is 743. The van der Waals surface area contributed by atoms with Crippen molar-refractivity contribution in [3.05, 3.63) is 42.0 Å². The van der Waals surface area contributed by atoms with E-state index >= 15 is 0 Å². The van der Waals surface area contributed by atoms with Crippen LogP contribution in [-0.4, -0.2) is 51.0 Å². The maximum Gasteiger partial charge on any atom is 0.275 e. The van der Waals surface area contributed by atoms with Crippen molar-refractivity contribution in [1.82, 2.24) is 5.32 Å². The van der Waals surface area contributed by atoms with Crippen LogP contribution in [0.15, 0.2) is 36.4 Å². The Labute approximate surface area is 143 Å². The molecule has 0 radical (unpaired) electrons. The van der Waals surface area contributed by atoms with Crippen molar-refractivity contribution >= 4 is 21.3 Å². The molecule has 1 aromatic carbocycles. The zero-order valence-electron chi connectivity index (χ0n) is 14.0. The van der Waals surface area contributed by atoms with Crippen molar-refractivity contribution < 1.29 is 18.1 Å². The van der Waals surface area contributed by atoms with Crippen LogP contribution in [0.4, 0.5) is 0 Å². The third kappa shape index (κ3) is 4.24. The SMILES string of the molecule is C[C@@]1(NC(=O)C[NH+]2CC=C(c3ccccc3)CC2)CCS(=O)(=O)C1. The highest BCUT2D eigenvalue weighted by atomic mass is 32.2. The van der Waals surface area contributed by atoms with Crippen molar-refractivity contribution in [3.63, 3.8) is 0 Å². The summed E-state index contributed by atoms with van der Waals surface area (Å²) < 4.78 is 23.2. The standard InChI is InChI=1S/C18H24N2O3S/c1-18(9-12-24(22,23)14-18)19-17(21)13-20-10-7-16(8-11-20)15-5-3-2-4-6-15/h2-7H,8-14H2,1H3,(H,19,21)/p+1/t18-/m1/s1. The predicted molar refractivity (Wildman–Crippen MR) is 94.4 cm³/mol. The summed E-state index contributed by atoms with van der Waals surface area (Å²) in [5.74, 6) is 0.170. The molecule has 1 fully saturated rings. The molecule has 0 aliphatic carbocycles. The van der Waals surface area contributed by atoms with E-state index in [1.165, 1.54) is 16.0 Å². The van der Waals surface area contributed by atoms with Crippen LogP contribution < -0.4 is 10.2 Å². The van der Waals surface area contributed by atoms with Crippen molar-refractivity contribution in [1.29, 1.82) is 0 Å². The molecule has 1 aromatic rings. The van der Waals surface area contributed by atoms with Crippen LogP contribution in [0.25, 0.3) is 5.57 Å². The van der Waals surface area contributed by atoms with Crippen molar-refractivity contribution in [2.45, 2.75) is 25.3 Å². The van der Waals surface area contributed by atoms with E-state index in [0.29, 0.717) is 13.0 Å². The number of hydrogen-bond acceptors (Lipinski definition) is 3. The zero-order chi connectivity index (χ0) is 17.2. The van der Waals surface area contributed by atoms with Gasteiger partial charge < -0.3 is 10.2 Å². The Morgan fingerprint density at radius 2 is 2.04 bits per heavy atom. The van der Waals surface area contributed by atoms with Gasteiger partial charge in [0.25, 0.3) is 5.91 Å². The second-order valence-corrected chi connectivity index (χ2v) is 9.36. The summed E-state index contributed by atoms with van der Waals surface area (Å²) in [5, 5.41) is 2.94. The first-order chi connectivity index (χ1) is 11.4. The maximum absolute atomic E-state index is 12.3. The van der Waals surface area contributed by atoms with Gasteiger partial charge in [0.15, 0.2) is 16.4 Å². The second-order valence-electron chi connectivity index (χ2n) is 7.18. The Kier molecular flexibility index (Phi) is 4.78. The van der Waals surface area contributed by atoms with E-state index in [9.17, 15) is 13.2 Å². The smallest absolute Gasteiger partial charge is 0.275 e. The lowest BCUT2D eigenvalue weighted by Gasteiger charge is -2.27. The Hall–Kier alpha value is -1.66. The van der Waals surface area contributed by atoms with Crippen LogP contribution in [0.5, 0.6) is 0 Å². The van der Waals surface area contributed by atoms with Gasteiger partial charge in [-0.2, -0.15) is 0 Å². The number of hydrogen-bond donors (Lipinski definition) is 2. The molecule has 2 atom stereocenters. The lowest BCUT2D eigenvalue weighted by Crippen LogP contribution is -3.13. The minimum absolute atomic E-state index is 0.0545. The second kappa shape index (κ2) is 6.69. The molecule has 1 amide bonds. The molecule has 2 aliphatic heterocycles. The van der Waals surface area contributed by atoms with Crippen LogP contribution >= 0.6 is 0 Å². The first kappa shape index (κ1) is 17.2. The molecule has 2 N–H and O–H groups in total. The zero-order valence-corrected chi connectivity index (χ0v) is 14.9. The molecule has 5 nitrogen and oxygen atoms in total. The number of sulfone groups is 1. The molecule has 0 spiro atoms. The van der Waals surface area contributed by atoms with Gasteiger partial charge in [-0.3, -0.25) is 4.79 Å². The average Bonchev–Trinajstić information content (AvgIpc) is 2.82. The fourth-order valence-corrected chi connectivity index (χ4v) is 5.67. The summed E-state index contributed by atoms with van der Waals surface area (Å²) in [7, 11) is -3.00. The number of rotatable bonds is 4. The molecule has 1 unspecified atom stereocenters. The van der Waals surface area contributed by atoms with E-state index in [0.717, 1.165) is 19.5 Å². The van der Waals surface area contributed by atoms with Gasteiger partial charge in [0.2, 0.25) is 0 Å². The van der Waals surface area contributed by atoms with Gasteiger partial charge in [0.1, 0.15) is 0 Å². The molecule has 0 aromatic heterocycles. The van der Waals surface area contributed by atoms with E-state index in [2.05, 4.69) is 23.5 Å². The Morgan fingerprint density at radius 3 is 2.62 bits per heavy atom. The van der Waals surface area contributed by atoms with Crippen LogP contribution in [0.3, 0.4) is 0 Å². The number of nitrogens with one attached hydrogen (secondary N) is 2. The minimum Gasteiger partial charge on any atom is -0.345 e. The Balaban J connectivity index is 1.53. The summed E-state index contributed by atoms with van der Waals surface area (Å²) in [5.41, 5.74) is 1.99. The molecule has 2 aliphatic rings. The van der Waals surface area contributed by atoms with Crippen LogP contribution in [0.2, 0.25) is 0 Å². The molecule has 3 rings (SSSR count). The number of quaternary nitrogens is 1. The van der Waals surface area contributed by atoms with E-state index in [4.69, 9.17) is 0 Å². The molecule has 0 saturated carbocycles.